The summed E-state index contributed by atoms with van der Waals surface area (Å²) in [7, 11) is 0. The fourth-order valence-electron chi connectivity index (χ4n) is 3.54. The van der Waals surface area contributed by atoms with Crippen LogP contribution in [0.4, 0.5) is 5.69 Å². The number of benzene rings is 2. The number of thioether (sulfide) groups is 2. The highest BCUT2D eigenvalue weighted by Gasteiger charge is 2.38. The van der Waals surface area contributed by atoms with Gasteiger partial charge >= 0.3 is 0 Å². The number of thiocarbonyl (C=S) groups is 1. The number of nitrogens with one attached hydrogen (secondary N) is 1. The van der Waals surface area contributed by atoms with Crippen molar-refractivity contribution in [2.45, 2.75) is 33.2 Å². The zero-order chi connectivity index (χ0) is 21.5. The van der Waals surface area contributed by atoms with Crippen LogP contribution in [-0.4, -0.2) is 22.8 Å². The Bertz CT molecular complexity index is 1100. The standard InChI is InChI=1S/C24H23NO2S3/c1-5-27-16-11-12-18-17(13-16)19(22(28)24(3,4)25-18)23-29-20(14(2)26)21(30-23)15-9-7-6-8-10-15/h6-13,25H,5H2,1-4H3/b23-19-. The fraction of sp³-hybridized carbons (Fsp3) is 0.250. The molecule has 2 aromatic carbocycles. The summed E-state index contributed by atoms with van der Waals surface area (Å²) in [5, 5.41) is 3.56. The van der Waals surface area contributed by atoms with Gasteiger partial charge in [-0.3, -0.25) is 4.79 Å². The minimum atomic E-state index is -0.370. The fourth-order valence-corrected chi connectivity index (χ4v) is 6.69. The number of ketones is 1. The second-order valence-corrected chi connectivity index (χ2v) is 10.4. The lowest BCUT2D eigenvalue weighted by Crippen LogP contribution is -2.43. The Balaban J connectivity index is 1.87. The van der Waals surface area contributed by atoms with Gasteiger partial charge in [-0.2, -0.15) is 0 Å². The molecule has 0 amide bonds. The van der Waals surface area contributed by atoms with E-state index in [-0.39, 0.29) is 11.3 Å². The van der Waals surface area contributed by atoms with Gasteiger partial charge in [0, 0.05) is 26.6 Å². The van der Waals surface area contributed by atoms with Crippen molar-refractivity contribution in [2.24, 2.45) is 0 Å². The Morgan fingerprint density at radius 2 is 1.87 bits per heavy atom. The minimum Gasteiger partial charge on any atom is -0.494 e. The van der Waals surface area contributed by atoms with Crippen LogP contribution in [0.3, 0.4) is 0 Å². The minimum absolute atomic E-state index is 0.0735. The molecule has 3 nitrogen and oxygen atoms in total. The number of carbonyl (C=O) groups is 1. The highest BCUT2D eigenvalue weighted by atomic mass is 32.2. The van der Waals surface area contributed by atoms with Gasteiger partial charge in [0.2, 0.25) is 0 Å². The van der Waals surface area contributed by atoms with E-state index in [4.69, 9.17) is 17.0 Å². The van der Waals surface area contributed by atoms with E-state index >= 15 is 0 Å². The first-order valence-electron chi connectivity index (χ1n) is 9.82. The number of allylic oxidation sites excluding steroid dienone is 1. The number of Topliss-reactive ketones (excluding diaryl/α,β-unsaturated/α-hetero) is 1. The van der Waals surface area contributed by atoms with Crippen molar-refractivity contribution in [1.29, 1.82) is 0 Å². The van der Waals surface area contributed by atoms with Crippen LogP contribution in [-0.2, 0) is 4.79 Å². The average molecular weight is 454 g/mol. The van der Waals surface area contributed by atoms with Crippen molar-refractivity contribution in [1.82, 2.24) is 0 Å². The smallest absolute Gasteiger partial charge is 0.167 e. The van der Waals surface area contributed by atoms with Gasteiger partial charge in [0.05, 0.1) is 21.3 Å². The molecule has 0 saturated heterocycles. The zero-order valence-electron chi connectivity index (χ0n) is 17.4. The summed E-state index contributed by atoms with van der Waals surface area (Å²) < 4.78 is 6.80. The van der Waals surface area contributed by atoms with Gasteiger partial charge in [0.1, 0.15) is 5.75 Å². The molecular formula is C24H23NO2S3. The van der Waals surface area contributed by atoms with Crippen molar-refractivity contribution in [3.05, 3.63) is 68.8 Å². The molecule has 0 radical (unpaired) electrons. The number of rotatable bonds is 4. The molecule has 2 aliphatic rings. The molecule has 0 aliphatic carbocycles. The summed E-state index contributed by atoms with van der Waals surface area (Å²) in [5.41, 5.74) is 3.75. The average Bonchev–Trinajstić information content (AvgIpc) is 3.15. The van der Waals surface area contributed by atoms with Crippen molar-refractivity contribution in [3.8, 4) is 5.75 Å². The van der Waals surface area contributed by atoms with Crippen LogP contribution in [0, 0.1) is 0 Å². The number of hydrogen-bond acceptors (Lipinski definition) is 6. The van der Waals surface area contributed by atoms with Gasteiger partial charge in [0.15, 0.2) is 5.78 Å². The maximum atomic E-state index is 12.5. The molecule has 1 N–H and O–H groups in total. The Morgan fingerprint density at radius 1 is 1.13 bits per heavy atom. The molecule has 2 heterocycles. The van der Waals surface area contributed by atoms with Gasteiger partial charge in [0.25, 0.3) is 0 Å². The summed E-state index contributed by atoms with van der Waals surface area (Å²) in [4.78, 5) is 15.1. The number of hydrogen-bond donors (Lipinski definition) is 1. The number of fused-ring (bicyclic) bond motifs is 1. The van der Waals surface area contributed by atoms with Crippen LogP contribution in [0.5, 0.6) is 5.75 Å². The molecule has 0 bridgehead atoms. The van der Waals surface area contributed by atoms with E-state index in [1.807, 2.05) is 55.5 Å². The van der Waals surface area contributed by atoms with Gasteiger partial charge in [-0.15, -0.1) is 0 Å². The third-order valence-corrected chi connectivity index (χ3v) is 8.43. The van der Waals surface area contributed by atoms with Crippen LogP contribution in [0.2, 0.25) is 0 Å². The summed E-state index contributed by atoms with van der Waals surface area (Å²) >= 11 is 9.12. The molecule has 2 aliphatic heterocycles. The lowest BCUT2D eigenvalue weighted by molar-refractivity contribution is -0.112. The number of carbonyl (C=O) groups excluding carboxylic acids is 1. The van der Waals surface area contributed by atoms with Crippen LogP contribution in [0.1, 0.15) is 38.8 Å². The molecule has 0 atom stereocenters. The summed E-state index contributed by atoms with van der Waals surface area (Å²) in [6.45, 7) is 8.40. The monoisotopic (exact) mass is 453 g/mol. The topological polar surface area (TPSA) is 38.3 Å². The Morgan fingerprint density at radius 3 is 2.53 bits per heavy atom. The maximum Gasteiger partial charge on any atom is 0.167 e. The normalized spacial score (nSPS) is 20.1. The van der Waals surface area contributed by atoms with E-state index in [1.54, 1.807) is 18.7 Å². The van der Waals surface area contributed by atoms with Crippen molar-refractivity contribution in [2.75, 3.05) is 11.9 Å². The van der Waals surface area contributed by atoms with Crippen molar-refractivity contribution >= 4 is 62.6 Å². The van der Waals surface area contributed by atoms with Gasteiger partial charge in [-0.25, -0.2) is 0 Å². The van der Waals surface area contributed by atoms with Crippen LogP contribution >= 0.6 is 35.7 Å². The summed E-state index contributed by atoms with van der Waals surface area (Å²) in [5.74, 6) is 0.888. The van der Waals surface area contributed by atoms with Crippen molar-refractivity contribution < 1.29 is 9.53 Å². The second-order valence-electron chi connectivity index (χ2n) is 7.67. The van der Waals surface area contributed by atoms with Gasteiger partial charge in [-0.05, 0) is 51.5 Å². The number of ether oxygens (including phenoxy) is 1. The largest absolute Gasteiger partial charge is 0.494 e. The molecule has 0 unspecified atom stereocenters. The predicted octanol–water partition coefficient (Wildman–Crippen LogP) is 6.77. The van der Waals surface area contributed by atoms with Crippen LogP contribution in [0.15, 0.2) is 57.7 Å². The number of anilines is 1. The first-order valence-corrected chi connectivity index (χ1v) is 11.9. The molecule has 30 heavy (non-hydrogen) atoms. The predicted molar refractivity (Wildman–Crippen MR) is 134 cm³/mol. The van der Waals surface area contributed by atoms with E-state index < -0.39 is 0 Å². The third-order valence-electron chi connectivity index (χ3n) is 4.97. The Kier molecular flexibility index (Phi) is 5.84. The van der Waals surface area contributed by atoms with Gasteiger partial charge < -0.3 is 10.1 Å². The lowest BCUT2D eigenvalue weighted by Gasteiger charge is -2.37. The molecule has 6 heteroatoms. The van der Waals surface area contributed by atoms with Gasteiger partial charge in [-0.1, -0.05) is 66.1 Å². The second kappa shape index (κ2) is 8.25. The van der Waals surface area contributed by atoms with E-state index in [1.165, 1.54) is 11.8 Å². The van der Waals surface area contributed by atoms with E-state index in [0.717, 1.165) is 47.0 Å². The molecule has 2 aromatic rings. The molecule has 4 rings (SSSR count). The molecule has 154 valence electrons. The molecular weight excluding hydrogens is 430 g/mol. The lowest BCUT2D eigenvalue weighted by atomic mass is 9.85. The SMILES string of the molecule is CCOc1ccc2c(c1)/C(=C1\SC(C(C)=O)=C(c3ccccc3)S1)C(=S)C(C)(C)N2. The third kappa shape index (κ3) is 3.84. The van der Waals surface area contributed by atoms with Crippen LogP contribution in [0.25, 0.3) is 10.5 Å². The van der Waals surface area contributed by atoms with Crippen molar-refractivity contribution in [3.63, 3.8) is 0 Å². The van der Waals surface area contributed by atoms with E-state index in [9.17, 15) is 4.79 Å². The Labute approximate surface area is 191 Å². The maximum absolute atomic E-state index is 12.5. The molecule has 0 aromatic heterocycles. The quantitative estimate of drug-likeness (QED) is 0.407. The zero-order valence-corrected chi connectivity index (χ0v) is 19.8. The molecule has 0 saturated carbocycles. The highest BCUT2D eigenvalue weighted by Crippen LogP contribution is 2.58. The van der Waals surface area contributed by atoms with E-state index in [0.29, 0.717) is 6.61 Å². The van der Waals surface area contributed by atoms with E-state index in [2.05, 4.69) is 19.2 Å². The highest BCUT2D eigenvalue weighted by molar-refractivity contribution is 8.32. The first kappa shape index (κ1) is 21.2. The summed E-state index contributed by atoms with van der Waals surface area (Å²) in [6, 6.07) is 16.1. The molecule has 0 spiro atoms. The molecule has 0 fully saturated rings. The summed E-state index contributed by atoms with van der Waals surface area (Å²) in [6.07, 6.45) is 0. The van der Waals surface area contributed by atoms with Crippen LogP contribution < -0.4 is 10.1 Å². The Hall–Kier alpha value is -2.02. The first-order chi connectivity index (χ1) is 14.3.